The molecule has 76 valence electrons. The van der Waals surface area contributed by atoms with Crippen molar-refractivity contribution in [2.75, 3.05) is 18.8 Å². The second-order valence-corrected chi connectivity index (χ2v) is 4.07. The fourth-order valence-corrected chi connectivity index (χ4v) is 1.90. The topological polar surface area (TPSA) is 58.3 Å². The normalized spacial score (nSPS) is 26.6. The van der Waals surface area contributed by atoms with Crippen LogP contribution in [0.2, 0.25) is 0 Å². The molecule has 2 rings (SSSR count). The minimum absolute atomic E-state index is 0.559. The molecule has 0 aromatic heterocycles. The number of nitrogens with one attached hydrogen (secondary N) is 1. The van der Waals surface area contributed by atoms with Crippen molar-refractivity contribution in [2.24, 2.45) is 0 Å². The van der Waals surface area contributed by atoms with E-state index in [9.17, 15) is 5.11 Å². The number of nitrogen functional groups attached to an aromatic ring is 1. The van der Waals surface area contributed by atoms with Crippen molar-refractivity contribution in [3.63, 3.8) is 0 Å². The lowest BCUT2D eigenvalue weighted by molar-refractivity contribution is 0.0619. The molecule has 1 aliphatic rings. The van der Waals surface area contributed by atoms with Gasteiger partial charge in [-0.25, -0.2) is 0 Å². The molecule has 1 aromatic rings. The fraction of sp³-hybridized carbons (Fsp3) is 0.455. The maximum Gasteiger partial charge on any atom is 0.0823 e. The van der Waals surface area contributed by atoms with Crippen molar-refractivity contribution in [2.45, 2.75) is 18.4 Å². The third-order valence-corrected chi connectivity index (χ3v) is 2.73. The van der Waals surface area contributed by atoms with E-state index in [1.807, 2.05) is 24.3 Å². The molecule has 0 bridgehead atoms. The highest BCUT2D eigenvalue weighted by atomic mass is 16.3. The maximum atomic E-state index is 10.1. The Kier molecular flexibility index (Phi) is 2.44. The largest absolute Gasteiger partial charge is 0.399 e. The van der Waals surface area contributed by atoms with E-state index in [0.717, 1.165) is 24.2 Å². The molecule has 1 saturated heterocycles. The molecule has 1 fully saturated rings. The SMILES string of the molecule is Nc1ccc(CC2(O)CCNC2)cc1. The molecule has 1 aromatic carbocycles. The lowest BCUT2D eigenvalue weighted by Gasteiger charge is -2.21. The number of aliphatic hydroxyl groups is 1. The van der Waals surface area contributed by atoms with Crippen LogP contribution in [0.1, 0.15) is 12.0 Å². The summed E-state index contributed by atoms with van der Waals surface area (Å²) < 4.78 is 0. The lowest BCUT2D eigenvalue weighted by atomic mass is 9.94. The van der Waals surface area contributed by atoms with Crippen LogP contribution < -0.4 is 11.1 Å². The van der Waals surface area contributed by atoms with Gasteiger partial charge >= 0.3 is 0 Å². The van der Waals surface area contributed by atoms with Crippen LogP contribution in [0.5, 0.6) is 0 Å². The van der Waals surface area contributed by atoms with E-state index in [-0.39, 0.29) is 0 Å². The van der Waals surface area contributed by atoms with Gasteiger partial charge in [-0.05, 0) is 30.7 Å². The van der Waals surface area contributed by atoms with Crippen molar-refractivity contribution < 1.29 is 5.11 Å². The number of β-amino-alcohol motifs (C(OH)–C–C–N with tert-alkyl or cyclic N) is 1. The third kappa shape index (κ3) is 2.05. The molecule has 1 heterocycles. The van der Waals surface area contributed by atoms with E-state index in [4.69, 9.17) is 5.73 Å². The number of hydrogen-bond acceptors (Lipinski definition) is 3. The Bertz CT molecular complexity index is 302. The molecule has 14 heavy (non-hydrogen) atoms. The van der Waals surface area contributed by atoms with Gasteiger partial charge in [0.2, 0.25) is 0 Å². The Morgan fingerprint density at radius 2 is 2.07 bits per heavy atom. The summed E-state index contributed by atoms with van der Waals surface area (Å²) in [6.07, 6.45) is 1.54. The molecular weight excluding hydrogens is 176 g/mol. The molecular formula is C11H16N2O. The van der Waals surface area contributed by atoms with Crippen LogP contribution in [-0.4, -0.2) is 23.8 Å². The van der Waals surface area contributed by atoms with E-state index in [0.29, 0.717) is 13.0 Å². The Hall–Kier alpha value is -1.06. The average molecular weight is 192 g/mol. The van der Waals surface area contributed by atoms with E-state index < -0.39 is 5.60 Å². The van der Waals surface area contributed by atoms with Gasteiger partial charge < -0.3 is 16.2 Å². The van der Waals surface area contributed by atoms with Gasteiger partial charge in [0.1, 0.15) is 0 Å². The van der Waals surface area contributed by atoms with Crippen molar-refractivity contribution in [3.05, 3.63) is 29.8 Å². The predicted octanol–water partition coefficient (Wildman–Crippen LogP) is 0.536. The number of benzene rings is 1. The maximum absolute atomic E-state index is 10.1. The Balaban J connectivity index is 2.06. The van der Waals surface area contributed by atoms with E-state index in [1.54, 1.807) is 0 Å². The molecule has 0 spiro atoms. The van der Waals surface area contributed by atoms with Gasteiger partial charge in [0.05, 0.1) is 5.60 Å². The number of rotatable bonds is 2. The van der Waals surface area contributed by atoms with Gasteiger partial charge in [-0.15, -0.1) is 0 Å². The molecule has 0 aliphatic carbocycles. The first-order chi connectivity index (χ1) is 6.68. The molecule has 3 heteroatoms. The average Bonchev–Trinajstić information content (AvgIpc) is 2.57. The summed E-state index contributed by atoms with van der Waals surface area (Å²) in [7, 11) is 0. The van der Waals surface area contributed by atoms with Gasteiger partial charge in [0.25, 0.3) is 0 Å². The summed E-state index contributed by atoms with van der Waals surface area (Å²) in [6.45, 7) is 1.60. The molecule has 3 nitrogen and oxygen atoms in total. The summed E-state index contributed by atoms with van der Waals surface area (Å²) in [5.41, 5.74) is 6.95. The molecule has 0 radical (unpaired) electrons. The Morgan fingerprint density at radius 1 is 1.36 bits per heavy atom. The van der Waals surface area contributed by atoms with Gasteiger partial charge in [-0.2, -0.15) is 0 Å². The predicted molar refractivity (Wildman–Crippen MR) is 57.0 cm³/mol. The van der Waals surface area contributed by atoms with Crippen molar-refractivity contribution >= 4 is 5.69 Å². The highest BCUT2D eigenvalue weighted by Crippen LogP contribution is 2.20. The van der Waals surface area contributed by atoms with Crippen LogP contribution in [-0.2, 0) is 6.42 Å². The first-order valence-electron chi connectivity index (χ1n) is 4.95. The van der Waals surface area contributed by atoms with Crippen LogP contribution >= 0.6 is 0 Å². The van der Waals surface area contributed by atoms with Gasteiger partial charge in [0.15, 0.2) is 0 Å². The van der Waals surface area contributed by atoms with Crippen molar-refractivity contribution in [1.82, 2.24) is 5.32 Å². The number of anilines is 1. The second-order valence-electron chi connectivity index (χ2n) is 4.07. The highest BCUT2D eigenvalue weighted by molar-refractivity contribution is 5.39. The van der Waals surface area contributed by atoms with Crippen LogP contribution in [0.3, 0.4) is 0 Å². The van der Waals surface area contributed by atoms with Crippen LogP contribution in [0.15, 0.2) is 24.3 Å². The quantitative estimate of drug-likeness (QED) is 0.599. The van der Waals surface area contributed by atoms with E-state index in [2.05, 4.69) is 5.32 Å². The van der Waals surface area contributed by atoms with Crippen LogP contribution in [0.4, 0.5) is 5.69 Å². The summed E-state index contributed by atoms with van der Waals surface area (Å²) in [4.78, 5) is 0. The summed E-state index contributed by atoms with van der Waals surface area (Å²) in [6, 6.07) is 7.71. The molecule has 1 unspecified atom stereocenters. The zero-order chi connectivity index (χ0) is 10.0. The van der Waals surface area contributed by atoms with Crippen LogP contribution in [0, 0.1) is 0 Å². The van der Waals surface area contributed by atoms with Gasteiger partial charge in [-0.3, -0.25) is 0 Å². The van der Waals surface area contributed by atoms with Gasteiger partial charge in [0, 0.05) is 18.7 Å². The Morgan fingerprint density at radius 3 is 2.64 bits per heavy atom. The van der Waals surface area contributed by atoms with Crippen molar-refractivity contribution in [1.29, 1.82) is 0 Å². The first-order valence-corrected chi connectivity index (χ1v) is 4.95. The monoisotopic (exact) mass is 192 g/mol. The Labute approximate surface area is 83.9 Å². The molecule has 1 aliphatic heterocycles. The standard InChI is InChI=1S/C11H16N2O/c12-10-3-1-9(2-4-10)7-11(14)5-6-13-8-11/h1-4,13-14H,5-8,12H2. The zero-order valence-electron chi connectivity index (χ0n) is 8.16. The van der Waals surface area contributed by atoms with E-state index in [1.165, 1.54) is 0 Å². The van der Waals surface area contributed by atoms with Crippen LogP contribution in [0.25, 0.3) is 0 Å². The first kappa shape index (κ1) is 9.49. The highest BCUT2D eigenvalue weighted by Gasteiger charge is 2.30. The molecule has 1 atom stereocenters. The lowest BCUT2D eigenvalue weighted by Crippen LogP contribution is -2.33. The van der Waals surface area contributed by atoms with Gasteiger partial charge in [-0.1, -0.05) is 12.1 Å². The minimum Gasteiger partial charge on any atom is -0.399 e. The molecule has 0 saturated carbocycles. The summed E-state index contributed by atoms with van der Waals surface area (Å²) in [5, 5.41) is 13.3. The number of nitrogens with two attached hydrogens (primary N) is 1. The molecule has 4 N–H and O–H groups in total. The summed E-state index contributed by atoms with van der Waals surface area (Å²) in [5.74, 6) is 0. The zero-order valence-corrected chi connectivity index (χ0v) is 8.16. The third-order valence-electron chi connectivity index (χ3n) is 2.73. The second kappa shape index (κ2) is 3.59. The fourth-order valence-electron chi connectivity index (χ4n) is 1.90. The van der Waals surface area contributed by atoms with Crippen molar-refractivity contribution in [3.8, 4) is 0 Å². The minimum atomic E-state index is -0.559. The summed E-state index contributed by atoms with van der Waals surface area (Å²) >= 11 is 0. The smallest absolute Gasteiger partial charge is 0.0823 e. The number of hydrogen-bond donors (Lipinski definition) is 3. The molecule has 0 amide bonds. The van der Waals surface area contributed by atoms with E-state index >= 15 is 0 Å².